The average Bonchev–Trinajstić information content (AvgIpc) is 2.89. The molecule has 0 radical (unpaired) electrons. The van der Waals surface area contributed by atoms with E-state index in [2.05, 4.69) is 4.98 Å². The number of fused-ring (bicyclic) bond motifs is 2. The lowest BCUT2D eigenvalue weighted by Gasteiger charge is -2.24. The van der Waals surface area contributed by atoms with Crippen LogP contribution in [-0.4, -0.2) is 9.55 Å². The van der Waals surface area contributed by atoms with E-state index >= 15 is 0 Å². The molecule has 0 saturated heterocycles. The molecule has 2 aliphatic carbocycles. The lowest BCUT2D eigenvalue weighted by atomic mass is 9.95. The molecule has 0 amide bonds. The van der Waals surface area contributed by atoms with E-state index in [4.69, 9.17) is 11.6 Å². The topological polar surface area (TPSA) is 54.9 Å². The summed E-state index contributed by atoms with van der Waals surface area (Å²) >= 11 is 6.02. The normalized spacial score (nSPS) is 29.4. The average molecular weight is 283 g/mol. The van der Waals surface area contributed by atoms with E-state index in [0.29, 0.717) is 17.4 Å². The van der Waals surface area contributed by atoms with Crippen LogP contribution in [0.25, 0.3) is 0 Å². The largest absolute Gasteiger partial charge is 0.329 e. The van der Waals surface area contributed by atoms with Gasteiger partial charge in [0.25, 0.3) is 5.56 Å². The quantitative estimate of drug-likeness (QED) is 0.848. The van der Waals surface area contributed by atoms with E-state index in [1.807, 2.05) is 13.8 Å². The zero-order valence-corrected chi connectivity index (χ0v) is 12.0. The molecule has 2 saturated carbocycles. The minimum absolute atomic E-state index is 0.0155. The van der Waals surface area contributed by atoms with Crippen molar-refractivity contribution in [1.29, 1.82) is 0 Å². The number of nitrogens with one attached hydrogen (secondary N) is 1. The van der Waals surface area contributed by atoms with E-state index in [0.717, 1.165) is 19.3 Å². The first-order valence-electron chi connectivity index (χ1n) is 7.03. The van der Waals surface area contributed by atoms with Gasteiger partial charge < -0.3 is 0 Å². The summed E-state index contributed by atoms with van der Waals surface area (Å²) in [5, 5.41) is 0.199. The molecule has 19 heavy (non-hydrogen) atoms. The summed E-state index contributed by atoms with van der Waals surface area (Å²) in [6.07, 6.45) is 4.52. The second-order valence-electron chi connectivity index (χ2n) is 6.23. The van der Waals surface area contributed by atoms with Crippen molar-refractivity contribution in [2.45, 2.75) is 51.5 Å². The Bertz CT molecular complexity index is 617. The minimum atomic E-state index is -0.350. The lowest BCUT2D eigenvalue weighted by molar-refractivity contribution is 0.312. The SMILES string of the molecule is CC(C)c1c(Cl)[nH]c(=O)n(C2CC3CCC2C3)c1=O. The molecule has 4 nitrogen and oxygen atoms in total. The summed E-state index contributed by atoms with van der Waals surface area (Å²) in [4.78, 5) is 27.3. The van der Waals surface area contributed by atoms with Crippen LogP contribution in [0.4, 0.5) is 0 Å². The number of hydrogen-bond acceptors (Lipinski definition) is 2. The van der Waals surface area contributed by atoms with Crippen molar-refractivity contribution < 1.29 is 0 Å². The fourth-order valence-corrected chi connectivity index (χ4v) is 4.25. The first kappa shape index (κ1) is 13.0. The number of rotatable bonds is 2. The Labute approximate surface area is 116 Å². The molecule has 1 aromatic rings. The third-order valence-electron chi connectivity index (χ3n) is 4.73. The molecule has 1 heterocycles. The Hall–Kier alpha value is -1.03. The van der Waals surface area contributed by atoms with Gasteiger partial charge in [-0.2, -0.15) is 0 Å². The molecule has 0 aromatic carbocycles. The van der Waals surface area contributed by atoms with Crippen LogP contribution in [0.5, 0.6) is 0 Å². The zero-order valence-electron chi connectivity index (χ0n) is 11.3. The molecule has 2 fully saturated rings. The van der Waals surface area contributed by atoms with E-state index in [-0.39, 0.29) is 28.4 Å². The molecule has 1 aromatic heterocycles. The molecule has 0 spiro atoms. The van der Waals surface area contributed by atoms with Gasteiger partial charge in [0.1, 0.15) is 5.15 Å². The molecule has 1 N–H and O–H groups in total. The Kier molecular flexibility index (Phi) is 3.08. The highest BCUT2D eigenvalue weighted by Crippen LogP contribution is 2.49. The van der Waals surface area contributed by atoms with Crippen molar-refractivity contribution in [2.75, 3.05) is 0 Å². The maximum absolute atomic E-state index is 12.6. The van der Waals surface area contributed by atoms with Gasteiger partial charge in [0.2, 0.25) is 0 Å². The summed E-state index contributed by atoms with van der Waals surface area (Å²) < 4.78 is 1.44. The van der Waals surface area contributed by atoms with Gasteiger partial charge in [-0.1, -0.05) is 31.9 Å². The monoisotopic (exact) mass is 282 g/mol. The van der Waals surface area contributed by atoms with Crippen molar-refractivity contribution in [3.8, 4) is 0 Å². The highest BCUT2D eigenvalue weighted by Gasteiger charge is 2.42. The van der Waals surface area contributed by atoms with Crippen molar-refractivity contribution in [3.63, 3.8) is 0 Å². The van der Waals surface area contributed by atoms with E-state index in [9.17, 15) is 9.59 Å². The van der Waals surface area contributed by atoms with E-state index in [1.165, 1.54) is 11.0 Å². The maximum Gasteiger partial charge on any atom is 0.329 e. The number of halogens is 1. The summed E-state index contributed by atoms with van der Waals surface area (Å²) in [6.45, 7) is 3.85. The Morgan fingerprint density at radius 1 is 1.26 bits per heavy atom. The molecule has 3 unspecified atom stereocenters. The van der Waals surface area contributed by atoms with Crippen LogP contribution in [0.3, 0.4) is 0 Å². The van der Waals surface area contributed by atoms with Crippen LogP contribution >= 0.6 is 11.6 Å². The van der Waals surface area contributed by atoms with Crippen molar-refractivity contribution in [1.82, 2.24) is 9.55 Å². The highest BCUT2D eigenvalue weighted by molar-refractivity contribution is 6.30. The first-order valence-corrected chi connectivity index (χ1v) is 7.41. The smallest absolute Gasteiger partial charge is 0.297 e. The van der Waals surface area contributed by atoms with Gasteiger partial charge in [-0.15, -0.1) is 0 Å². The molecule has 2 bridgehead atoms. The number of nitrogens with zero attached hydrogens (tertiary/aromatic N) is 1. The van der Waals surface area contributed by atoms with Gasteiger partial charge in [0.15, 0.2) is 0 Å². The second-order valence-corrected chi connectivity index (χ2v) is 6.61. The molecule has 3 atom stereocenters. The third-order valence-corrected chi connectivity index (χ3v) is 5.03. The molecule has 0 aliphatic heterocycles. The van der Waals surface area contributed by atoms with Crippen molar-refractivity contribution in [3.05, 3.63) is 31.6 Å². The third kappa shape index (κ3) is 1.97. The number of aromatic amines is 1. The van der Waals surface area contributed by atoms with Gasteiger partial charge in [-0.25, -0.2) is 4.79 Å². The molecular formula is C14H19ClN2O2. The predicted molar refractivity (Wildman–Crippen MR) is 74.9 cm³/mol. The summed E-state index contributed by atoms with van der Waals surface area (Å²) in [5.41, 5.74) is -0.0118. The zero-order chi connectivity index (χ0) is 13.7. The molecular weight excluding hydrogens is 264 g/mol. The van der Waals surface area contributed by atoms with Crippen LogP contribution in [-0.2, 0) is 0 Å². The van der Waals surface area contributed by atoms with Gasteiger partial charge in [-0.3, -0.25) is 14.3 Å². The van der Waals surface area contributed by atoms with Gasteiger partial charge in [-0.05, 0) is 37.0 Å². The predicted octanol–water partition coefficient (Wildman–Crippen LogP) is 2.67. The molecule has 2 aliphatic rings. The number of hydrogen-bond donors (Lipinski definition) is 1. The van der Waals surface area contributed by atoms with Gasteiger partial charge in [0, 0.05) is 6.04 Å². The van der Waals surface area contributed by atoms with Crippen LogP contribution in [0.2, 0.25) is 5.15 Å². The van der Waals surface area contributed by atoms with Gasteiger partial charge >= 0.3 is 5.69 Å². The lowest BCUT2D eigenvalue weighted by Crippen LogP contribution is -2.42. The van der Waals surface area contributed by atoms with E-state index in [1.54, 1.807) is 0 Å². The Morgan fingerprint density at radius 2 is 2.00 bits per heavy atom. The van der Waals surface area contributed by atoms with Crippen LogP contribution in [0.15, 0.2) is 9.59 Å². The first-order chi connectivity index (χ1) is 8.99. The summed E-state index contributed by atoms with van der Waals surface area (Å²) in [6, 6.07) is 0.0739. The fourth-order valence-electron chi connectivity index (χ4n) is 3.87. The van der Waals surface area contributed by atoms with E-state index < -0.39 is 0 Å². The summed E-state index contributed by atoms with van der Waals surface area (Å²) in [5.74, 6) is 1.20. The standard InChI is InChI=1S/C14H19ClN2O2/c1-7(2)11-12(15)16-14(19)17(13(11)18)10-6-8-3-4-9(10)5-8/h7-10H,3-6H2,1-2H3,(H,16,19). The van der Waals surface area contributed by atoms with Crippen molar-refractivity contribution >= 4 is 11.6 Å². The fraction of sp³-hybridized carbons (Fsp3) is 0.714. The Balaban J connectivity index is 2.14. The maximum atomic E-state index is 12.6. The van der Waals surface area contributed by atoms with Crippen molar-refractivity contribution in [2.24, 2.45) is 11.8 Å². The number of H-pyrrole nitrogens is 1. The Morgan fingerprint density at radius 3 is 2.53 bits per heavy atom. The highest BCUT2D eigenvalue weighted by atomic mass is 35.5. The minimum Gasteiger partial charge on any atom is -0.297 e. The summed E-state index contributed by atoms with van der Waals surface area (Å²) in [7, 11) is 0. The van der Waals surface area contributed by atoms with Crippen LogP contribution in [0, 0.1) is 11.8 Å². The van der Waals surface area contributed by atoms with Crippen LogP contribution < -0.4 is 11.2 Å². The van der Waals surface area contributed by atoms with Gasteiger partial charge in [0.05, 0.1) is 5.56 Å². The van der Waals surface area contributed by atoms with Crippen LogP contribution in [0.1, 0.15) is 57.1 Å². The second kappa shape index (κ2) is 4.51. The number of aromatic nitrogens is 2. The molecule has 104 valence electrons. The molecule has 5 heteroatoms. The molecule has 3 rings (SSSR count).